The van der Waals surface area contributed by atoms with Crippen LogP contribution in [0, 0.1) is 5.95 Å². The van der Waals surface area contributed by atoms with Crippen LogP contribution in [0.5, 0.6) is 0 Å². The third-order valence-electron chi connectivity index (χ3n) is 2.80. The quantitative estimate of drug-likeness (QED) is 0.819. The number of aromatic nitrogens is 1. The Morgan fingerprint density at radius 2 is 1.96 bits per heavy atom. The summed E-state index contributed by atoms with van der Waals surface area (Å²) in [5.41, 5.74) is 0.0194. The largest absolute Gasteiger partial charge is 0.322 e. The van der Waals surface area contributed by atoms with Gasteiger partial charge in [-0.2, -0.15) is 4.39 Å². The van der Waals surface area contributed by atoms with Crippen molar-refractivity contribution in [3.8, 4) is 0 Å². The monoisotopic (exact) mass is 337 g/mol. The normalized spacial score (nSPS) is 11.5. The number of halogens is 1. The number of nitrogens with zero attached hydrogens (tertiary/aromatic N) is 1. The summed E-state index contributed by atoms with van der Waals surface area (Å²) < 4.78 is 40.1. The van der Waals surface area contributed by atoms with E-state index in [1.165, 1.54) is 42.6 Å². The number of hydrogen-bond donors (Lipinski definition) is 2. The van der Waals surface area contributed by atoms with E-state index in [-0.39, 0.29) is 22.2 Å². The molecule has 0 aliphatic heterocycles. The maximum Gasteiger partial charge on any atom is 0.260 e. The molecule has 0 saturated heterocycles. The number of rotatable bonds is 5. The lowest BCUT2D eigenvalue weighted by Crippen LogP contribution is -2.30. The molecule has 1 aromatic carbocycles. The zero-order valence-corrected chi connectivity index (χ0v) is 13.4. The highest BCUT2D eigenvalue weighted by Gasteiger charge is 2.17. The first kappa shape index (κ1) is 17.0. The van der Waals surface area contributed by atoms with Gasteiger partial charge in [0, 0.05) is 17.9 Å². The Hall–Kier alpha value is -2.32. The van der Waals surface area contributed by atoms with E-state index in [1.54, 1.807) is 13.8 Å². The van der Waals surface area contributed by atoms with Crippen molar-refractivity contribution >= 4 is 21.6 Å². The van der Waals surface area contributed by atoms with E-state index in [1.807, 2.05) is 0 Å². The van der Waals surface area contributed by atoms with Gasteiger partial charge in [0.15, 0.2) is 0 Å². The molecule has 8 heteroatoms. The molecule has 2 rings (SSSR count). The van der Waals surface area contributed by atoms with Crippen LogP contribution in [0.3, 0.4) is 0 Å². The first-order valence-corrected chi connectivity index (χ1v) is 8.32. The minimum absolute atomic E-state index is 0.00987. The number of carbonyl (C=O) groups is 1. The van der Waals surface area contributed by atoms with Crippen LogP contribution in [0.1, 0.15) is 24.2 Å². The van der Waals surface area contributed by atoms with Crippen molar-refractivity contribution in [1.29, 1.82) is 0 Å². The minimum atomic E-state index is -3.68. The van der Waals surface area contributed by atoms with Gasteiger partial charge in [-0.15, -0.1) is 0 Å². The Morgan fingerprint density at radius 3 is 2.61 bits per heavy atom. The number of sulfonamides is 1. The molecule has 0 spiro atoms. The number of nitrogens with one attached hydrogen (secondary N) is 2. The number of carbonyl (C=O) groups excluding carboxylic acids is 1. The molecule has 0 radical (unpaired) electrons. The zero-order valence-electron chi connectivity index (χ0n) is 12.6. The average Bonchev–Trinajstić information content (AvgIpc) is 2.46. The first-order chi connectivity index (χ1) is 10.8. The summed E-state index contributed by atoms with van der Waals surface area (Å²) in [6.45, 7) is 3.41. The summed E-state index contributed by atoms with van der Waals surface area (Å²) in [4.78, 5) is 15.4. The fourth-order valence-corrected chi connectivity index (χ4v) is 3.17. The highest BCUT2D eigenvalue weighted by molar-refractivity contribution is 7.89. The van der Waals surface area contributed by atoms with Crippen LogP contribution in [-0.4, -0.2) is 25.4 Å². The highest BCUT2D eigenvalue weighted by atomic mass is 32.2. The van der Waals surface area contributed by atoms with E-state index in [4.69, 9.17) is 0 Å². The van der Waals surface area contributed by atoms with Crippen LogP contribution < -0.4 is 10.0 Å². The highest BCUT2D eigenvalue weighted by Crippen LogP contribution is 2.17. The maximum absolute atomic E-state index is 13.5. The maximum atomic E-state index is 13.5. The molecule has 1 amide bonds. The molecule has 0 aliphatic rings. The molecule has 0 saturated carbocycles. The molecule has 2 aromatic rings. The second-order valence-electron chi connectivity index (χ2n) is 5.10. The molecule has 1 aromatic heterocycles. The van der Waals surface area contributed by atoms with Gasteiger partial charge in [0.25, 0.3) is 5.91 Å². The molecule has 1 heterocycles. The number of anilines is 1. The number of amides is 1. The standard InChI is InChI=1S/C15H16FN3O3S/c1-10(2)19-23(21,22)12-6-3-5-11(9-12)18-15(20)13-7-4-8-17-14(13)16/h3-10,19H,1-2H3,(H,18,20). The van der Waals surface area contributed by atoms with Gasteiger partial charge in [0.05, 0.1) is 10.5 Å². The Bertz CT molecular complexity index is 822. The third kappa shape index (κ3) is 4.33. The van der Waals surface area contributed by atoms with Crippen LogP contribution in [0.4, 0.5) is 10.1 Å². The summed E-state index contributed by atoms with van der Waals surface area (Å²) in [6.07, 6.45) is 1.23. The summed E-state index contributed by atoms with van der Waals surface area (Å²) in [5, 5.41) is 2.45. The molecular weight excluding hydrogens is 321 g/mol. The SMILES string of the molecule is CC(C)NS(=O)(=O)c1cccc(NC(=O)c2cccnc2F)c1. The molecule has 6 nitrogen and oxygen atoms in total. The lowest BCUT2D eigenvalue weighted by Gasteiger charge is -2.11. The summed E-state index contributed by atoms with van der Waals surface area (Å²) in [6, 6.07) is 8.18. The van der Waals surface area contributed by atoms with E-state index in [0.717, 1.165) is 0 Å². The second kappa shape index (κ2) is 6.84. The molecular formula is C15H16FN3O3S. The van der Waals surface area contributed by atoms with Gasteiger partial charge in [-0.3, -0.25) is 4.79 Å². The van der Waals surface area contributed by atoms with E-state index in [2.05, 4.69) is 15.0 Å². The van der Waals surface area contributed by atoms with Crippen molar-refractivity contribution in [2.24, 2.45) is 0 Å². The van der Waals surface area contributed by atoms with Crippen LogP contribution >= 0.6 is 0 Å². The van der Waals surface area contributed by atoms with Gasteiger partial charge in [-0.1, -0.05) is 6.07 Å². The smallest absolute Gasteiger partial charge is 0.260 e. The fourth-order valence-electron chi connectivity index (χ4n) is 1.87. The zero-order chi connectivity index (χ0) is 17.0. The Balaban J connectivity index is 2.24. The van der Waals surface area contributed by atoms with E-state index < -0.39 is 21.9 Å². The lowest BCUT2D eigenvalue weighted by atomic mass is 10.2. The lowest BCUT2D eigenvalue weighted by molar-refractivity contribution is 0.102. The minimum Gasteiger partial charge on any atom is -0.322 e. The fraction of sp³-hybridized carbons (Fsp3) is 0.200. The first-order valence-electron chi connectivity index (χ1n) is 6.84. The number of pyridine rings is 1. The number of hydrogen-bond acceptors (Lipinski definition) is 4. The van der Waals surface area contributed by atoms with E-state index in [9.17, 15) is 17.6 Å². The molecule has 122 valence electrons. The summed E-state index contributed by atoms with van der Waals surface area (Å²) in [7, 11) is -3.68. The molecule has 0 unspecified atom stereocenters. The number of benzene rings is 1. The van der Waals surface area contributed by atoms with Crippen LogP contribution in [0.2, 0.25) is 0 Å². The molecule has 0 bridgehead atoms. The third-order valence-corrected chi connectivity index (χ3v) is 4.45. The Labute approximate surface area is 133 Å². The second-order valence-corrected chi connectivity index (χ2v) is 6.81. The van der Waals surface area contributed by atoms with Gasteiger partial charge < -0.3 is 5.32 Å². The van der Waals surface area contributed by atoms with Crippen molar-refractivity contribution in [3.05, 3.63) is 54.1 Å². The molecule has 0 fully saturated rings. The molecule has 23 heavy (non-hydrogen) atoms. The van der Waals surface area contributed by atoms with Gasteiger partial charge >= 0.3 is 0 Å². The molecule has 0 aliphatic carbocycles. The van der Waals surface area contributed by atoms with Crippen molar-refractivity contribution in [2.75, 3.05) is 5.32 Å². The Kier molecular flexibility index (Phi) is 5.07. The van der Waals surface area contributed by atoms with Crippen molar-refractivity contribution < 1.29 is 17.6 Å². The predicted octanol–water partition coefficient (Wildman–Crippen LogP) is 2.16. The Morgan fingerprint density at radius 1 is 1.22 bits per heavy atom. The van der Waals surface area contributed by atoms with Gasteiger partial charge in [-0.05, 0) is 44.2 Å². The predicted molar refractivity (Wildman–Crippen MR) is 84.0 cm³/mol. The van der Waals surface area contributed by atoms with Crippen LogP contribution in [0.15, 0.2) is 47.5 Å². The van der Waals surface area contributed by atoms with E-state index >= 15 is 0 Å². The van der Waals surface area contributed by atoms with Crippen molar-refractivity contribution in [3.63, 3.8) is 0 Å². The summed E-state index contributed by atoms with van der Waals surface area (Å²) in [5.74, 6) is -1.60. The topological polar surface area (TPSA) is 88.2 Å². The van der Waals surface area contributed by atoms with E-state index in [0.29, 0.717) is 0 Å². The molecule has 2 N–H and O–H groups in total. The van der Waals surface area contributed by atoms with Crippen molar-refractivity contribution in [2.45, 2.75) is 24.8 Å². The van der Waals surface area contributed by atoms with Crippen molar-refractivity contribution in [1.82, 2.24) is 9.71 Å². The average molecular weight is 337 g/mol. The van der Waals surface area contributed by atoms with Gasteiger partial charge in [-0.25, -0.2) is 18.1 Å². The summed E-state index contributed by atoms with van der Waals surface area (Å²) >= 11 is 0. The van der Waals surface area contributed by atoms with Gasteiger partial charge in [0.2, 0.25) is 16.0 Å². The van der Waals surface area contributed by atoms with Crippen LogP contribution in [0.25, 0.3) is 0 Å². The molecule has 0 atom stereocenters. The van der Waals surface area contributed by atoms with Gasteiger partial charge in [0.1, 0.15) is 0 Å². The van der Waals surface area contributed by atoms with Crippen LogP contribution in [-0.2, 0) is 10.0 Å².